The van der Waals surface area contributed by atoms with Gasteiger partial charge in [-0.1, -0.05) is 38.0 Å². The summed E-state index contributed by atoms with van der Waals surface area (Å²) < 4.78 is 5.18. The van der Waals surface area contributed by atoms with Crippen LogP contribution in [0.15, 0.2) is 24.3 Å². The molecule has 24 heavy (non-hydrogen) atoms. The number of carbonyl (C=O) groups is 1. The van der Waals surface area contributed by atoms with Gasteiger partial charge in [-0.25, -0.2) is 4.98 Å². The molecule has 0 radical (unpaired) electrons. The van der Waals surface area contributed by atoms with E-state index in [1.807, 2.05) is 24.3 Å². The van der Waals surface area contributed by atoms with Gasteiger partial charge in [-0.15, -0.1) is 11.3 Å². The molecular weight excluding hydrogens is 320 g/mol. The number of nitrogens with zero attached hydrogens (tertiary/aromatic N) is 1. The Bertz CT molecular complexity index is 711. The molecule has 1 aliphatic carbocycles. The highest BCUT2D eigenvalue weighted by Gasteiger charge is 2.23. The highest BCUT2D eigenvalue weighted by atomic mass is 32.1. The number of hydrogen-bond acceptors (Lipinski definition) is 4. The molecule has 1 aromatic heterocycles. The van der Waals surface area contributed by atoms with Crippen molar-refractivity contribution in [2.24, 2.45) is 5.92 Å². The van der Waals surface area contributed by atoms with Gasteiger partial charge >= 0.3 is 0 Å². The van der Waals surface area contributed by atoms with E-state index in [9.17, 15) is 4.79 Å². The van der Waals surface area contributed by atoms with E-state index in [0.717, 1.165) is 29.5 Å². The number of carbonyl (C=O) groups excluding carboxylic acids is 1. The van der Waals surface area contributed by atoms with E-state index >= 15 is 0 Å². The highest BCUT2D eigenvalue weighted by Crippen LogP contribution is 2.34. The lowest BCUT2D eigenvalue weighted by Gasteiger charge is -2.19. The van der Waals surface area contributed by atoms with Gasteiger partial charge in [0.15, 0.2) is 5.13 Å². The van der Waals surface area contributed by atoms with Crippen LogP contribution in [0.3, 0.4) is 0 Å². The molecule has 3 rings (SSSR count). The number of methoxy groups -OCH3 is 1. The van der Waals surface area contributed by atoms with Crippen LogP contribution in [0.1, 0.15) is 52.7 Å². The van der Waals surface area contributed by atoms with Crippen LogP contribution >= 0.6 is 11.3 Å². The van der Waals surface area contributed by atoms with Crippen molar-refractivity contribution in [1.82, 2.24) is 4.98 Å². The summed E-state index contributed by atoms with van der Waals surface area (Å²) in [5, 5.41) is 3.69. The lowest BCUT2D eigenvalue weighted by Crippen LogP contribution is -2.14. The smallest absolute Gasteiger partial charge is 0.257 e. The van der Waals surface area contributed by atoms with Crippen LogP contribution in [0.2, 0.25) is 0 Å². The summed E-state index contributed by atoms with van der Waals surface area (Å²) in [6.07, 6.45) is 5.88. The Hall–Kier alpha value is -1.72. The average molecular weight is 344 g/mol. The topological polar surface area (TPSA) is 51.2 Å². The van der Waals surface area contributed by atoms with Gasteiger partial charge in [0.05, 0.1) is 12.3 Å². The number of rotatable bonds is 6. The molecule has 1 heterocycles. The van der Waals surface area contributed by atoms with E-state index in [1.54, 1.807) is 18.4 Å². The number of amides is 1. The fourth-order valence-electron chi connectivity index (χ4n) is 3.34. The third-order valence-electron chi connectivity index (χ3n) is 4.52. The monoisotopic (exact) mass is 344 g/mol. The minimum absolute atomic E-state index is 0.112. The number of aromatic nitrogens is 1. The normalized spacial score (nSPS) is 16.7. The number of nitrogens with one attached hydrogen (secondary N) is 1. The largest absolute Gasteiger partial charge is 0.380 e. The molecular formula is C19H24N2O2S. The summed E-state index contributed by atoms with van der Waals surface area (Å²) >= 11 is 1.63. The summed E-state index contributed by atoms with van der Waals surface area (Å²) in [6, 6.07) is 7.53. The molecule has 1 aromatic carbocycles. The molecule has 2 aromatic rings. The molecule has 1 atom stereocenters. The van der Waals surface area contributed by atoms with Crippen LogP contribution in [0, 0.1) is 5.92 Å². The second kappa shape index (κ2) is 7.90. The summed E-state index contributed by atoms with van der Waals surface area (Å²) in [7, 11) is 1.64. The van der Waals surface area contributed by atoms with Gasteiger partial charge in [-0.05, 0) is 36.8 Å². The maximum Gasteiger partial charge on any atom is 0.257 e. The first-order valence-electron chi connectivity index (χ1n) is 8.58. The van der Waals surface area contributed by atoms with Crippen molar-refractivity contribution < 1.29 is 9.53 Å². The molecule has 0 aliphatic heterocycles. The molecule has 1 aliphatic rings. The van der Waals surface area contributed by atoms with Gasteiger partial charge in [0.2, 0.25) is 0 Å². The van der Waals surface area contributed by atoms with Gasteiger partial charge in [-0.2, -0.15) is 0 Å². The quantitative estimate of drug-likeness (QED) is 0.842. The molecule has 1 amide bonds. The molecule has 4 nitrogen and oxygen atoms in total. The Morgan fingerprint density at radius 3 is 3.04 bits per heavy atom. The predicted molar refractivity (Wildman–Crippen MR) is 97.6 cm³/mol. The Balaban J connectivity index is 1.72. The van der Waals surface area contributed by atoms with Crippen molar-refractivity contribution in [3.05, 3.63) is 46.0 Å². The van der Waals surface area contributed by atoms with Crippen molar-refractivity contribution in [3.8, 4) is 0 Å². The van der Waals surface area contributed by atoms with Crippen molar-refractivity contribution in [3.63, 3.8) is 0 Å². The number of ether oxygens (including phenoxy) is 1. The van der Waals surface area contributed by atoms with E-state index in [2.05, 4.69) is 17.2 Å². The Morgan fingerprint density at radius 1 is 1.42 bits per heavy atom. The minimum Gasteiger partial charge on any atom is -0.380 e. The summed E-state index contributed by atoms with van der Waals surface area (Å²) in [4.78, 5) is 18.6. The zero-order valence-corrected chi connectivity index (χ0v) is 15.1. The van der Waals surface area contributed by atoms with Crippen LogP contribution in [-0.4, -0.2) is 18.0 Å². The number of hydrogen-bond donors (Lipinski definition) is 1. The summed E-state index contributed by atoms with van der Waals surface area (Å²) in [6.45, 7) is 2.67. The fraction of sp³-hybridized carbons (Fsp3) is 0.474. The van der Waals surface area contributed by atoms with Gasteiger partial charge in [0.1, 0.15) is 0 Å². The van der Waals surface area contributed by atoms with Crippen LogP contribution in [0.25, 0.3) is 0 Å². The number of thiazole rings is 1. The second-order valence-corrected chi connectivity index (χ2v) is 7.41. The predicted octanol–water partition coefficient (Wildman–Crippen LogP) is 4.45. The third kappa shape index (κ3) is 3.84. The maximum atomic E-state index is 12.6. The molecule has 5 heteroatoms. The Morgan fingerprint density at radius 2 is 2.25 bits per heavy atom. The van der Waals surface area contributed by atoms with Crippen molar-refractivity contribution in [1.29, 1.82) is 0 Å². The molecule has 0 bridgehead atoms. The number of anilines is 1. The fourth-order valence-corrected chi connectivity index (χ4v) is 4.46. The lowest BCUT2D eigenvalue weighted by molar-refractivity contribution is 0.102. The average Bonchev–Trinajstić information content (AvgIpc) is 2.97. The van der Waals surface area contributed by atoms with E-state index in [0.29, 0.717) is 12.2 Å². The molecule has 0 fully saturated rings. The van der Waals surface area contributed by atoms with E-state index in [1.165, 1.54) is 29.8 Å². The van der Waals surface area contributed by atoms with Crippen molar-refractivity contribution in [2.45, 2.75) is 45.6 Å². The summed E-state index contributed by atoms with van der Waals surface area (Å²) in [5.41, 5.74) is 2.71. The number of fused-ring (bicyclic) bond motifs is 1. The molecule has 1 N–H and O–H groups in total. The molecule has 0 saturated carbocycles. The minimum atomic E-state index is -0.112. The molecule has 0 spiro atoms. The number of benzene rings is 1. The van der Waals surface area contributed by atoms with E-state index < -0.39 is 0 Å². The standard InChI is InChI=1S/C19H24N2O2S/c1-3-6-13-9-10-16-17(11-13)24-19(20-16)21-18(22)15-8-5-4-7-14(15)12-23-2/h4-5,7-8,13H,3,6,9-12H2,1-2H3,(H,20,21,22). The third-order valence-corrected chi connectivity index (χ3v) is 5.56. The zero-order chi connectivity index (χ0) is 16.9. The van der Waals surface area contributed by atoms with Crippen LogP contribution in [0.4, 0.5) is 5.13 Å². The first-order valence-corrected chi connectivity index (χ1v) is 9.39. The maximum absolute atomic E-state index is 12.6. The lowest BCUT2D eigenvalue weighted by atomic mass is 9.88. The van der Waals surface area contributed by atoms with E-state index in [4.69, 9.17) is 4.74 Å². The van der Waals surface area contributed by atoms with Gasteiger partial charge in [-0.3, -0.25) is 10.1 Å². The second-order valence-electron chi connectivity index (χ2n) is 6.33. The van der Waals surface area contributed by atoms with Crippen LogP contribution < -0.4 is 5.32 Å². The molecule has 1 unspecified atom stereocenters. The highest BCUT2D eigenvalue weighted by molar-refractivity contribution is 7.15. The van der Waals surface area contributed by atoms with Crippen LogP contribution in [-0.2, 0) is 24.2 Å². The Kier molecular flexibility index (Phi) is 5.63. The van der Waals surface area contributed by atoms with Crippen molar-refractivity contribution >= 4 is 22.4 Å². The number of aryl methyl sites for hydroxylation is 1. The first-order chi connectivity index (χ1) is 11.7. The van der Waals surface area contributed by atoms with Crippen molar-refractivity contribution in [2.75, 3.05) is 12.4 Å². The van der Waals surface area contributed by atoms with Gasteiger partial charge in [0.25, 0.3) is 5.91 Å². The van der Waals surface area contributed by atoms with Crippen LogP contribution in [0.5, 0.6) is 0 Å². The SMILES string of the molecule is CCCC1CCc2nc(NC(=O)c3ccccc3COC)sc2C1. The Labute approximate surface area is 147 Å². The summed E-state index contributed by atoms with van der Waals surface area (Å²) in [5.74, 6) is 0.660. The van der Waals surface area contributed by atoms with Gasteiger partial charge in [0, 0.05) is 17.6 Å². The van der Waals surface area contributed by atoms with E-state index in [-0.39, 0.29) is 5.91 Å². The first kappa shape index (κ1) is 17.1. The zero-order valence-electron chi connectivity index (χ0n) is 14.3. The molecule has 0 saturated heterocycles. The van der Waals surface area contributed by atoms with Gasteiger partial charge < -0.3 is 4.74 Å². The molecule has 128 valence electrons.